The zero-order chi connectivity index (χ0) is 29.0. The minimum absolute atomic E-state index is 0.0609. The molecular weight excluding hydrogens is 522 g/mol. The van der Waals surface area contributed by atoms with Gasteiger partial charge in [0.05, 0.1) is 0 Å². The first kappa shape index (κ1) is 25.6. The normalized spacial score (nSPS) is 18.2. The molecule has 43 heavy (non-hydrogen) atoms. The molecule has 2 nitrogen and oxygen atoms in total. The molecule has 0 fully saturated rings. The predicted molar refractivity (Wildman–Crippen MR) is 181 cm³/mol. The number of ether oxygens (including phenoxy) is 1. The SMILES string of the molecule is CC1(C)c2cc(N(c3cccc(-c4ccccc4)c3)c3ccc4ccc5ccccc5c4c3)ccc2OC2C=CC=CC21. The van der Waals surface area contributed by atoms with Crippen molar-refractivity contribution in [2.45, 2.75) is 25.4 Å². The Balaban J connectivity index is 1.33. The molecule has 0 spiro atoms. The van der Waals surface area contributed by atoms with E-state index < -0.39 is 0 Å². The molecule has 0 bridgehead atoms. The highest BCUT2D eigenvalue weighted by molar-refractivity contribution is 6.09. The van der Waals surface area contributed by atoms with Crippen LogP contribution in [0.25, 0.3) is 32.7 Å². The second kappa shape index (κ2) is 10.0. The number of anilines is 3. The van der Waals surface area contributed by atoms with E-state index in [1.54, 1.807) is 0 Å². The van der Waals surface area contributed by atoms with E-state index in [2.05, 4.69) is 170 Å². The van der Waals surface area contributed by atoms with Gasteiger partial charge >= 0.3 is 0 Å². The molecule has 1 aliphatic carbocycles. The van der Waals surface area contributed by atoms with E-state index in [0.717, 1.165) is 22.8 Å². The zero-order valence-corrected chi connectivity index (χ0v) is 24.4. The Morgan fingerprint density at radius 3 is 2.12 bits per heavy atom. The summed E-state index contributed by atoms with van der Waals surface area (Å²) in [6, 6.07) is 46.1. The van der Waals surface area contributed by atoms with E-state index in [1.807, 2.05) is 0 Å². The van der Waals surface area contributed by atoms with E-state index in [1.165, 1.54) is 38.2 Å². The number of allylic oxidation sites excluding steroid dienone is 2. The summed E-state index contributed by atoms with van der Waals surface area (Å²) >= 11 is 0. The molecule has 2 atom stereocenters. The van der Waals surface area contributed by atoms with Crippen molar-refractivity contribution in [2.24, 2.45) is 5.92 Å². The third-order valence-corrected chi connectivity index (χ3v) is 9.30. The summed E-state index contributed by atoms with van der Waals surface area (Å²) in [4.78, 5) is 2.40. The molecule has 2 heteroatoms. The molecule has 0 N–H and O–H groups in total. The van der Waals surface area contributed by atoms with Crippen molar-refractivity contribution in [3.63, 3.8) is 0 Å². The summed E-state index contributed by atoms with van der Waals surface area (Å²) in [7, 11) is 0. The van der Waals surface area contributed by atoms with Gasteiger partial charge < -0.3 is 9.64 Å². The third kappa shape index (κ3) is 4.33. The first-order valence-corrected chi connectivity index (χ1v) is 15.1. The minimum atomic E-state index is -0.0906. The molecule has 2 aliphatic rings. The second-order valence-corrected chi connectivity index (χ2v) is 12.2. The average molecular weight is 556 g/mol. The van der Waals surface area contributed by atoms with Gasteiger partial charge in [-0.25, -0.2) is 0 Å². The van der Waals surface area contributed by atoms with Gasteiger partial charge in [-0.15, -0.1) is 0 Å². The standard InChI is InChI=1S/C41H33NO/c1-41(2)37-17-8-9-18-39(37)43-40-24-23-34(27-38(40)41)42(32-15-10-14-31(25-32)28-11-4-3-5-12-28)33-22-21-30-20-19-29-13-6-7-16-35(29)36(30)26-33/h3-27,37,39H,1-2H3. The lowest BCUT2D eigenvalue weighted by molar-refractivity contribution is 0.123. The highest BCUT2D eigenvalue weighted by Crippen LogP contribution is 2.49. The molecule has 6 aromatic rings. The molecule has 208 valence electrons. The molecule has 1 aliphatic heterocycles. The molecule has 8 rings (SSSR count). The number of benzene rings is 6. The summed E-state index contributed by atoms with van der Waals surface area (Å²) in [5.41, 5.74) is 6.91. The molecule has 0 saturated carbocycles. The lowest BCUT2D eigenvalue weighted by Gasteiger charge is -2.44. The van der Waals surface area contributed by atoms with Crippen LogP contribution in [0.15, 0.2) is 152 Å². The van der Waals surface area contributed by atoms with Crippen molar-refractivity contribution in [1.82, 2.24) is 0 Å². The first-order chi connectivity index (χ1) is 21.1. The fraction of sp³-hybridized carbons (Fsp3) is 0.122. The average Bonchev–Trinajstić information content (AvgIpc) is 3.06. The lowest BCUT2D eigenvalue weighted by Crippen LogP contribution is -2.43. The van der Waals surface area contributed by atoms with Crippen LogP contribution in [0.1, 0.15) is 19.4 Å². The lowest BCUT2D eigenvalue weighted by atomic mass is 9.68. The summed E-state index contributed by atoms with van der Waals surface area (Å²) in [6.07, 6.45) is 8.80. The molecule has 0 aromatic heterocycles. The quantitative estimate of drug-likeness (QED) is 0.201. The van der Waals surface area contributed by atoms with Gasteiger partial charge in [-0.1, -0.05) is 117 Å². The second-order valence-electron chi connectivity index (χ2n) is 12.2. The van der Waals surface area contributed by atoms with Gasteiger partial charge in [0.25, 0.3) is 0 Å². The molecule has 1 heterocycles. The number of fused-ring (bicyclic) bond motifs is 5. The number of hydrogen-bond donors (Lipinski definition) is 0. The van der Waals surface area contributed by atoms with E-state index in [9.17, 15) is 0 Å². The van der Waals surface area contributed by atoms with Crippen molar-refractivity contribution >= 4 is 38.6 Å². The van der Waals surface area contributed by atoms with E-state index in [0.29, 0.717) is 0 Å². The van der Waals surface area contributed by atoms with Gasteiger partial charge in [-0.05, 0) is 81.2 Å². The molecule has 0 saturated heterocycles. The van der Waals surface area contributed by atoms with Crippen molar-refractivity contribution < 1.29 is 4.74 Å². The first-order valence-electron chi connectivity index (χ1n) is 15.1. The summed E-state index contributed by atoms with van der Waals surface area (Å²) in [5, 5.41) is 5.01. The smallest absolute Gasteiger partial charge is 0.124 e. The molecule has 6 aromatic carbocycles. The monoisotopic (exact) mass is 555 g/mol. The highest BCUT2D eigenvalue weighted by Gasteiger charge is 2.42. The maximum Gasteiger partial charge on any atom is 0.124 e. The fourth-order valence-corrected chi connectivity index (χ4v) is 6.97. The van der Waals surface area contributed by atoms with Crippen LogP contribution in [-0.2, 0) is 5.41 Å². The van der Waals surface area contributed by atoms with Gasteiger partial charge in [0.15, 0.2) is 0 Å². The van der Waals surface area contributed by atoms with Crippen LogP contribution in [0.4, 0.5) is 17.1 Å². The molecule has 2 unspecified atom stereocenters. The fourth-order valence-electron chi connectivity index (χ4n) is 6.97. The Bertz CT molecular complexity index is 2050. The largest absolute Gasteiger partial charge is 0.485 e. The summed E-state index contributed by atoms with van der Waals surface area (Å²) in [6.45, 7) is 4.70. The van der Waals surface area contributed by atoms with Crippen molar-refractivity contribution in [3.05, 3.63) is 157 Å². The van der Waals surface area contributed by atoms with Crippen LogP contribution < -0.4 is 9.64 Å². The van der Waals surface area contributed by atoms with Gasteiger partial charge in [0, 0.05) is 34.0 Å². The predicted octanol–water partition coefficient (Wildman–Crippen LogP) is 10.9. The molecule has 0 amide bonds. The van der Waals surface area contributed by atoms with Crippen molar-refractivity contribution in [3.8, 4) is 16.9 Å². The third-order valence-electron chi connectivity index (χ3n) is 9.30. The van der Waals surface area contributed by atoms with Crippen molar-refractivity contribution in [1.29, 1.82) is 0 Å². The highest BCUT2D eigenvalue weighted by atomic mass is 16.5. The van der Waals surface area contributed by atoms with E-state index >= 15 is 0 Å². The van der Waals surface area contributed by atoms with Gasteiger partial charge in [-0.3, -0.25) is 0 Å². The maximum atomic E-state index is 6.54. The van der Waals surface area contributed by atoms with Crippen LogP contribution in [0.3, 0.4) is 0 Å². The molecule has 0 radical (unpaired) electrons. The van der Waals surface area contributed by atoms with Crippen molar-refractivity contribution in [2.75, 3.05) is 4.90 Å². The Labute approximate surface area is 253 Å². The van der Waals surface area contributed by atoms with Crippen LogP contribution in [-0.4, -0.2) is 6.10 Å². The van der Waals surface area contributed by atoms with Gasteiger partial charge in [0.2, 0.25) is 0 Å². The summed E-state index contributed by atoms with van der Waals surface area (Å²) < 4.78 is 6.54. The van der Waals surface area contributed by atoms with Gasteiger partial charge in [-0.2, -0.15) is 0 Å². The number of hydrogen-bond acceptors (Lipinski definition) is 2. The van der Waals surface area contributed by atoms with Crippen LogP contribution in [0, 0.1) is 5.92 Å². The van der Waals surface area contributed by atoms with E-state index in [-0.39, 0.29) is 17.4 Å². The van der Waals surface area contributed by atoms with Crippen LogP contribution in [0.5, 0.6) is 5.75 Å². The number of nitrogens with zero attached hydrogens (tertiary/aromatic N) is 1. The Hall–Kier alpha value is -5.08. The Morgan fingerprint density at radius 2 is 1.23 bits per heavy atom. The molecular formula is C41H33NO. The van der Waals surface area contributed by atoms with Gasteiger partial charge in [0.1, 0.15) is 11.9 Å². The van der Waals surface area contributed by atoms with E-state index in [4.69, 9.17) is 4.74 Å². The Kier molecular flexibility index (Phi) is 5.97. The van der Waals surface area contributed by atoms with Crippen LogP contribution >= 0.6 is 0 Å². The zero-order valence-electron chi connectivity index (χ0n) is 24.4. The summed E-state index contributed by atoms with van der Waals surface area (Å²) in [5.74, 6) is 1.25. The topological polar surface area (TPSA) is 12.5 Å². The van der Waals surface area contributed by atoms with Crippen LogP contribution in [0.2, 0.25) is 0 Å². The maximum absolute atomic E-state index is 6.54. The minimum Gasteiger partial charge on any atom is -0.485 e. The number of rotatable bonds is 4. The Morgan fingerprint density at radius 1 is 0.558 bits per heavy atom.